The summed E-state index contributed by atoms with van der Waals surface area (Å²) in [7, 11) is 5.31. The van der Waals surface area contributed by atoms with E-state index >= 15 is 0 Å². The van der Waals surface area contributed by atoms with Crippen LogP contribution in [0.15, 0.2) is 66.7 Å². The third-order valence-electron chi connectivity index (χ3n) is 12.5. The third-order valence-corrected chi connectivity index (χ3v) is 12.5. The van der Waals surface area contributed by atoms with E-state index < -0.39 is 36.1 Å². The minimum Gasteiger partial charge on any atom is -0.496 e. The Kier molecular flexibility index (Phi) is 16.7. The Morgan fingerprint density at radius 1 is 1.02 bits per heavy atom. The molecule has 6 N–H and O–H groups in total. The van der Waals surface area contributed by atoms with Gasteiger partial charge in [0, 0.05) is 61.4 Å². The van der Waals surface area contributed by atoms with Gasteiger partial charge >= 0.3 is 0 Å². The van der Waals surface area contributed by atoms with Crippen molar-refractivity contribution >= 4 is 23.4 Å². The minimum absolute atomic E-state index is 0.0478. The Labute approximate surface area is 360 Å². The van der Waals surface area contributed by atoms with Gasteiger partial charge in [-0.3, -0.25) is 19.2 Å². The largest absolute Gasteiger partial charge is 0.496 e. The van der Waals surface area contributed by atoms with Crippen LogP contribution in [0.2, 0.25) is 0 Å². The van der Waals surface area contributed by atoms with E-state index in [9.17, 15) is 24.6 Å². The highest BCUT2D eigenvalue weighted by molar-refractivity contribution is 6.00. The van der Waals surface area contributed by atoms with E-state index in [4.69, 9.17) is 19.4 Å². The molecule has 334 valence electrons. The number of nitrogens with zero attached hydrogens (tertiary/aromatic N) is 2. The molecule has 0 radical (unpaired) electrons. The van der Waals surface area contributed by atoms with Gasteiger partial charge in [-0.15, -0.1) is 0 Å². The van der Waals surface area contributed by atoms with E-state index in [-0.39, 0.29) is 75.1 Å². The van der Waals surface area contributed by atoms with Gasteiger partial charge in [-0.2, -0.15) is 5.06 Å². The first-order chi connectivity index (χ1) is 29.1. The highest BCUT2D eigenvalue weighted by Gasteiger charge is 2.50. The Bertz CT molecular complexity index is 1930. The van der Waals surface area contributed by atoms with Crippen LogP contribution in [0.4, 0.5) is 5.69 Å². The summed E-state index contributed by atoms with van der Waals surface area (Å²) in [6.45, 7) is 10.7. The Hall–Kier alpha value is -4.57. The zero-order valence-corrected chi connectivity index (χ0v) is 37.0. The lowest BCUT2D eigenvalue weighted by Gasteiger charge is -2.45. The number of aliphatic hydroxyl groups is 3. The smallest absolute Gasteiger partial charge is 0.252 e. The van der Waals surface area contributed by atoms with Gasteiger partial charge < -0.3 is 45.6 Å². The Morgan fingerprint density at radius 2 is 1.75 bits per heavy atom. The van der Waals surface area contributed by atoms with E-state index in [0.717, 1.165) is 24.1 Å². The number of ether oxygens (including phenoxy) is 2. The summed E-state index contributed by atoms with van der Waals surface area (Å²) in [5, 5.41) is 41.1. The predicted molar refractivity (Wildman–Crippen MR) is 235 cm³/mol. The third kappa shape index (κ3) is 11.9. The molecule has 2 aliphatic rings. The van der Waals surface area contributed by atoms with Crippen molar-refractivity contribution in [3.8, 4) is 16.9 Å². The molecule has 1 saturated heterocycles. The lowest BCUT2D eigenvalue weighted by molar-refractivity contribution is -0.182. The Balaban J connectivity index is 1.44. The van der Waals surface area contributed by atoms with E-state index in [2.05, 4.69) is 43.6 Å². The number of amides is 3. The standard InChI is InChI=1S/C47H67N5O9/c1-29-26-47(4,5)30(2)21-38(29)49-46(58)42-41(31(3)55)40(28-54)61-52(42)27-33-15-12-16-37(43(33)59-8)34-23-35(25-36(24-34)51(6)7)44(56)50-39(22-32-13-10-9-11-14-32)45(57)48-17-19-60-20-18-53/h9-16,23-25,29-31,38-42,53-55H,17-22,26-28H2,1-8H3,(H,48,57)(H,49,58)(H,50,56)/t29-,30+,31-,38-,39?,40-,41-,42-/m0/s1. The SMILES string of the molecule is COc1c(CN2O[C@@H](CO)[C@H]([C@H](C)O)[C@H]2C(=O)N[C@H]2C[C@@H](C)C(C)(C)C[C@@H]2C)cccc1-c1cc(C(=O)NC(Cc2ccccc2)C(=O)NCCOCCO)cc(N(C)C)c1. The summed E-state index contributed by atoms with van der Waals surface area (Å²) in [5.74, 6) is -0.627. The summed E-state index contributed by atoms with van der Waals surface area (Å²) < 4.78 is 11.4. The van der Waals surface area contributed by atoms with Crippen LogP contribution in [0.5, 0.6) is 5.75 Å². The van der Waals surface area contributed by atoms with Crippen LogP contribution in [0.25, 0.3) is 11.1 Å². The van der Waals surface area contributed by atoms with Crippen LogP contribution in [0.3, 0.4) is 0 Å². The molecule has 0 aromatic heterocycles. The van der Waals surface area contributed by atoms with Crippen molar-refractivity contribution in [3.63, 3.8) is 0 Å². The number of hydroxylamine groups is 2. The average molecular weight is 846 g/mol. The average Bonchev–Trinajstić information content (AvgIpc) is 3.61. The molecular weight excluding hydrogens is 779 g/mol. The maximum absolute atomic E-state index is 14.3. The second kappa shape index (κ2) is 21.5. The number of hydrogen-bond donors (Lipinski definition) is 6. The fourth-order valence-corrected chi connectivity index (χ4v) is 8.79. The van der Waals surface area contributed by atoms with Crippen molar-refractivity contribution in [2.45, 2.75) is 90.8 Å². The van der Waals surface area contributed by atoms with Gasteiger partial charge in [0.15, 0.2) is 0 Å². The van der Waals surface area contributed by atoms with Crippen LogP contribution in [-0.2, 0) is 32.1 Å². The van der Waals surface area contributed by atoms with Crippen molar-refractivity contribution in [2.75, 3.05) is 59.1 Å². The second-order valence-electron chi connectivity index (χ2n) is 17.6. The van der Waals surface area contributed by atoms with Crippen LogP contribution in [0.1, 0.15) is 68.9 Å². The summed E-state index contributed by atoms with van der Waals surface area (Å²) in [6, 6.07) is 18.7. The molecule has 3 aromatic rings. The summed E-state index contributed by atoms with van der Waals surface area (Å²) in [5.41, 5.74) is 4.13. The molecule has 1 aliphatic carbocycles. The van der Waals surface area contributed by atoms with Crippen molar-refractivity contribution < 1.29 is 44.0 Å². The molecule has 5 rings (SSSR count). The number of anilines is 1. The molecule has 14 heteroatoms. The van der Waals surface area contributed by atoms with Gasteiger partial charge in [0.1, 0.15) is 23.9 Å². The van der Waals surface area contributed by atoms with E-state index in [1.807, 2.05) is 73.6 Å². The zero-order chi connectivity index (χ0) is 44.4. The molecular formula is C47H67N5O9. The first-order valence-corrected chi connectivity index (χ1v) is 21.4. The van der Waals surface area contributed by atoms with Crippen molar-refractivity contribution in [1.82, 2.24) is 21.0 Å². The monoisotopic (exact) mass is 845 g/mol. The first kappa shape index (κ1) is 47.5. The molecule has 1 unspecified atom stereocenters. The van der Waals surface area contributed by atoms with Gasteiger partial charge in [-0.05, 0) is 66.3 Å². The number of hydrogen-bond acceptors (Lipinski definition) is 11. The fraction of sp³-hybridized carbons (Fsp3) is 0.553. The van der Waals surface area contributed by atoms with E-state index in [1.165, 1.54) is 0 Å². The highest BCUT2D eigenvalue weighted by atomic mass is 16.7. The maximum atomic E-state index is 14.3. The van der Waals surface area contributed by atoms with Crippen LogP contribution in [0, 0.1) is 23.2 Å². The lowest BCUT2D eigenvalue weighted by atomic mass is 9.64. The molecule has 1 aliphatic heterocycles. The van der Waals surface area contributed by atoms with Gasteiger partial charge in [-0.25, -0.2) is 0 Å². The number of nitrogens with one attached hydrogen (secondary N) is 3. The molecule has 2 fully saturated rings. The van der Waals surface area contributed by atoms with Gasteiger partial charge in [-0.1, -0.05) is 76.2 Å². The molecule has 0 spiro atoms. The molecule has 8 atom stereocenters. The molecule has 3 amide bonds. The second-order valence-corrected chi connectivity index (χ2v) is 17.6. The topological polar surface area (TPSA) is 182 Å². The molecule has 14 nitrogen and oxygen atoms in total. The molecule has 0 bridgehead atoms. The normalized spacial score (nSPS) is 23.5. The van der Waals surface area contributed by atoms with Crippen LogP contribution in [-0.4, -0.2) is 123 Å². The number of methoxy groups -OCH3 is 1. The summed E-state index contributed by atoms with van der Waals surface area (Å²) in [6.07, 6.45) is 0.304. The molecule has 61 heavy (non-hydrogen) atoms. The first-order valence-electron chi connectivity index (χ1n) is 21.4. The molecule has 1 saturated carbocycles. The van der Waals surface area contributed by atoms with E-state index in [1.54, 1.807) is 31.2 Å². The van der Waals surface area contributed by atoms with E-state index in [0.29, 0.717) is 33.9 Å². The number of benzene rings is 3. The summed E-state index contributed by atoms with van der Waals surface area (Å²) >= 11 is 0. The number of para-hydroxylation sites is 1. The Morgan fingerprint density at radius 3 is 2.41 bits per heavy atom. The minimum atomic E-state index is -0.949. The van der Waals surface area contributed by atoms with Crippen LogP contribution >= 0.6 is 0 Å². The van der Waals surface area contributed by atoms with Gasteiger partial charge in [0.05, 0.1) is 46.2 Å². The van der Waals surface area contributed by atoms with Gasteiger partial charge in [0.2, 0.25) is 11.8 Å². The molecule has 3 aromatic carbocycles. The van der Waals surface area contributed by atoms with Crippen molar-refractivity contribution in [1.29, 1.82) is 0 Å². The molecule has 1 heterocycles. The number of carbonyl (C=O) groups excluding carboxylic acids is 3. The lowest BCUT2D eigenvalue weighted by Crippen LogP contribution is -2.55. The van der Waals surface area contributed by atoms with Gasteiger partial charge in [0.25, 0.3) is 5.91 Å². The maximum Gasteiger partial charge on any atom is 0.252 e. The number of aliphatic hydroxyl groups excluding tert-OH is 3. The van der Waals surface area contributed by atoms with Crippen LogP contribution < -0.4 is 25.6 Å². The number of carbonyl (C=O) groups is 3. The van der Waals surface area contributed by atoms with Crippen molar-refractivity contribution in [2.24, 2.45) is 23.2 Å². The zero-order valence-electron chi connectivity index (χ0n) is 37.0. The van der Waals surface area contributed by atoms with Crippen molar-refractivity contribution in [3.05, 3.63) is 83.4 Å². The summed E-state index contributed by atoms with van der Waals surface area (Å²) in [4.78, 5) is 50.1. The highest BCUT2D eigenvalue weighted by Crippen LogP contribution is 2.44. The number of rotatable bonds is 19. The quantitative estimate of drug-likeness (QED) is 0.0963. The fourth-order valence-electron chi connectivity index (χ4n) is 8.79. The predicted octanol–water partition coefficient (Wildman–Crippen LogP) is 3.95.